The van der Waals surface area contributed by atoms with Crippen molar-refractivity contribution in [2.45, 2.75) is 44.2 Å². The fourth-order valence-electron chi connectivity index (χ4n) is 2.54. The first-order valence-electron chi connectivity index (χ1n) is 7.20. The van der Waals surface area contributed by atoms with Gasteiger partial charge in [-0.1, -0.05) is 24.3 Å². The summed E-state index contributed by atoms with van der Waals surface area (Å²) in [6.07, 6.45) is 8.11. The minimum absolute atomic E-state index is 0.154. The lowest BCUT2D eigenvalue weighted by Gasteiger charge is -2.29. The minimum atomic E-state index is 0.154. The van der Waals surface area contributed by atoms with Crippen LogP contribution < -0.4 is 0 Å². The molecule has 1 aliphatic rings. The summed E-state index contributed by atoms with van der Waals surface area (Å²) in [6.45, 7) is 4.90. The van der Waals surface area contributed by atoms with E-state index in [2.05, 4.69) is 56.5 Å². The molecule has 0 heterocycles. The van der Waals surface area contributed by atoms with Crippen LogP contribution in [-0.2, 0) is 11.3 Å². The second kappa shape index (κ2) is 6.98. The van der Waals surface area contributed by atoms with Gasteiger partial charge in [0.2, 0.25) is 5.91 Å². The number of carbonyl (C=O) groups is 1. The number of hydrogen-bond donors (Lipinski definition) is 0. The van der Waals surface area contributed by atoms with E-state index in [1.54, 1.807) is 11.8 Å². The topological polar surface area (TPSA) is 20.3 Å². The zero-order valence-electron chi connectivity index (χ0n) is 12.5. The summed E-state index contributed by atoms with van der Waals surface area (Å²) in [5, 5.41) is 0. The molecular formula is C17H23NOS. The summed E-state index contributed by atoms with van der Waals surface area (Å²) in [4.78, 5) is 15.9. The van der Waals surface area contributed by atoms with Crippen LogP contribution in [0.5, 0.6) is 0 Å². The van der Waals surface area contributed by atoms with E-state index < -0.39 is 0 Å². The van der Waals surface area contributed by atoms with Crippen molar-refractivity contribution in [3.8, 4) is 0 Å². The van der Waals surface area contributed by atoms with Crippen LogP contribution in [0.4, 0.5) is 0 Å². The van der Waals surface area contributed by atoms with Gasteiger partial charge in [-0.15, -0.1) is 11.8 Å². The maximum absolute atomic E-state index is 12.6. The van der Waals surface area contributed by atoms with Crippen molar-refractivity contribution in [2.24, 2.45) is 5.92 Å². The van der Waals surface area contributed by atoms with E-state index in [4.69, 9.17) is 0 Å². The van der Waals surface area contributed by atoms with Gasteiger partial charge < -0.3 is 4.90 Å². The van der Waals surface area contributed by atoms with Gasteiger partial charge in [0.05, 0.1) is 0 Å². The predicted molar refractivity (Wildman–Crippen MR) is 85.8 cm³/mol. The largest absolute Gasteiger partial charge is 0.336 e. The van der Waals surface area contributed by atoms with Crippen LogP contribution >= 0.6 is 11.8 Å². The number of amides is 1. The predicted octanol–water partition coefficient (Wildman–Crippen LogP) is 4.11. The molecule has 20 heavy (non-hydrogen) atoms. The van der Waals surface area contributed by atoms with Gasteiger partial charge >= 0.3 is 0 Å². The molecule has 1 aliphatic carbocycles. The van der Waals surface area contributed by atoms with Crippen LogP contribution in [0.25, 0.3) is 0 Å². The normalized spacial score (nSPS) is 15.0. The SMILES string of the molecule is CSc1cccc(CN(C(=O)C2CC=CC2)C(C)C)c1. The monoisotopic (exact) mass is 289 g/mol. The highest BCUT2D eigenvalue weighted by Gasteiger charge is 2.26. The average molecular weight is 289 g/mol. The summed E-state index contributed by atoms with van der Waals surface area (Å²) in [5.74, 6) is 0.445. The molecule has 0 saturated heterocycles. The number of thioether (sulfide) groups is 1. The molecule has 0 unspecified atom stereocenters. The highest BCUT2D eigenvalue weighted by molar-refractivity contribution is 7.98. The second-order valence-corrected chi connectivity index (χ2v) is 6.43. The lowest BCUT2D eigenvalue weighted by atomic mass is 10.0. The molecule has 2 nitrogen and oxygen atoms in total. The second-order valence-electron chi connectivity index (χ2n) is 5.55. The Balaban J connectivity index is 2.10. The van der Waals surface area contributed by atoms with E-state index in [1.165, 1.54) is 10.5 Å². The average Bonchev–Trinajstić information content (AvgIpc) is 2.98. The van der Waals surface area contributed by atoms with E-state index in [-0.39, 0.29) is 12.0 Å². The third kappa shape index (κ3) is 3.66. The number of allylic oxidation sites excluding steroid dienone is 2. The molecule has 0 spiro atoms. The molecule has 0 N–H and O–H groups in total. The van der Waals surface area contributed by atoms with Gasteiger partial charge in [0.15, 0.2) is 0 Å². The first-order valence-corrected chi connectivity index (χ1v) is 8.42. The molecule has 1 aromatic rings. The van der Waals surface area contributed by atoms with Crippen molar-refractivity contribution in [1.29, 1.82) is 0 Å². The van der Waals surface area contributed by atoms with Gasteiger partial charge in [-0.3, -0.25) is 4.79 Å². The Kier molecular flexibility index (Phi) is 5.30. The molecule has 1 amide bonds. The summed E-state index contributed by atoms with van der Waals surface area (Å²) in [7, 11) is 0. The number of hydrogen-bond acceptors (Lipinski definition) is 2. The Bertz CT molecular complexity index is 488. The van der Waals surface area contributed by atoms with Crippen molar-refractivity contribution in [1.82, 2.24) is 4.90 Å². The zero-order valence-corrected chi connectivity index (χ0v) is 13.3. The molecule has 0 aliphatic heterocycles. The molecule has 2 rings (SSSR count). The molecule has 3 heteroatoms. The van der Waals surface area contributed by atoms with E-state index in [0.717, 1.165) is 12.8 Å². The van der Waals surface area contributed by atoms with Gasteiger partial charge in [0, 0.05) is 23.4 Å². The molecule has 1 aromatic carbocycles. The Labute approximate surface area is 126 Å². The smallest absolute Gasteiger partial charge is 0.226 e. The van der Waals surface area contributed by atoms with Crippen LogP contribution in [0.15, 0.2) is 41.3 Å². The Hall–Kier alpha value is -1.22. The van der Waals surface area contributed by atoms with Crippen molar-refractivity contribution in [2.75, 3.05) is 6.26 Å². The lowest BCUT2D eigenvalue weighted by Crippen LogP contribution is -2.39. The van der Waals surface area contributed by atoms with Gasteiger partial charge in [0.25, 0.3) is 0 Å². The summed E-state index contributed by atoms with van der Waals surface area (Å²) in [6, 6.07) is 8.70. The third-order valence-electron chi connectivity index (χ3n) is 3.75. The van der Waals surface area contributed by atoms with Crippen LogP contribution in [0.1, 0.15) is 32.3 Å². The number of nitrogens with zero attached hydrogens (tertiary/aromatic N) is 1. The fourth-order valence-corrected chi connectivity index (χ4v) is 3.02. The molecule has 0 aromatic heterocycles. The highest BCUT2D eigenvalue weighted by Crippen LogP contribution is 2.24. The quantitative estimate of drug-likeness (QED) is 0.600. The number of benzene rings is 1. The lowest BCUT2D eigenvalue weighted by molar-refractivity contribution is -0.137. The van der Waals surface area contributed by atoms with E-state index in [0.29, 0.717) is 12.5 Å². The standard InChI is InChI=1S/C17H23NOS/c1-13(2)18(17(19)15-8-4-5-9-15)12-14-7-6-10-16(11-14)20-3/h4-7,10-11,13,15H,8-9,12H2,1-3H3. The summed E-state index contributed by atoms with van der Waals surface area (Å²) < 4.78 is 0. The summed E-state index contributed by atoms with van der Waals surface area (Å²) >= 11 is 1.74. The minimum Gasteiger partial charge on any atom is -0.336 e. The maximum Gasteiger partial charge on any atom is 0.226 e. The van der Waals surface area contributed by atoms with Gasteiger partial charge in [0.1, 0.15) is 0 Å². The Morgan fingerprint density at radius 3 is 2.65 bits per heavy atom. The van der Waals surface area contributed by atoms with E-state index in [1.807, 2.05) is 4.90 Å². The molecule has 0 saturated carbocycles. The van der Waals surface area contributed by atoms with Gasteiger partial charge in [-0.05, 0) is 50.6 Å². The maximum atomic E-state index is 12.6. The van der Waals surface area contributed by atoms with Crippen LogP contribution in [-0.4, -0.2) is 23.1 Å². The number of rotatable bonds is 5. The van der Waals surface area contributed by atoms with Crippen molar-refractivity contribution in [3.63, 3.8) is 0 Å². The van der Waals surface area contributed by atoms with Crippen molar-refractivity contribution >= 4 is 17.7 Å². The summed E-state index contributed by atoms with van der Waals surface area (Å²) in [5.41, 5.74) is 1.21. The highest BCUT2D eigenvalue weighted by atomic mass is 32.2. The van der Waals surface area contributed by atoms with Crippen molar-refractivity contribution < 1.29 is 4.79 Å². The molecule has 0 bridgehead atoms. The third-order valence-corrected chi connectivity index (χ3v) is 4.48. The van der Waals surface area contributed by atoms with Crippen LogP contribution in [0.3, 0.4) is 0 Å². The first kappa shape index (κ1) is 15.2. The molecule has 108 valence electrons. The van der Waals surface area contributed by atoms with E-state index in [9.17, 15) is 4.79 Å². The Morgan fingerprint density at radius 1 is 1.35 bits per heavy atom. The zero-order chi connectivity index (χ0) is 14.5. The molecule has 0 fully saturated rings. The van der Waals surface area contributed by atoms with E-state index >= 15 is 0 Å². The van der Waals surface area contributed by atoms with Crippen LogP contribution in [0, 0.1) is 5.92 Å². The molecule has 0 atom stereocenters. The van der Waals surface area contributed by atoms with Gasteiger partial charge in [-0.25, -0.2) is 0 Å². The first-order chi connectivity index (χ1) is 9.61. The van der Waals surface area contributed by atoms with Gasteiger partial charge in [-0.2, -0.15) is 0 Å². The van der Waals surface area contributed by atoms with Crippen LogP contribution in [0.2, 0.25) is 0 Å². The van der Waals surface area contributed by atoms with Crippen molar-refractivity contribution in [3.05, 3.63) is 42.0 Å². The molecule has 0 radical (unpaired) electrons. The fraction of sp³-hybridized carbons (Fsp3) is 0.471. The number of carbonyl (C=O) groups excluding carboxylic acids is 1. The Morgan fingerprint density at radius 2 is 2.05 bits per heavy atom. The molecular weight excluding hydrogens is 266 g/mol.